The number of anilines is 2. The first-order valence-electron chi connectivity index (χ1n) is 10.4. The van der Waals surface area contributed by atoms with E-state index >= 15 is 0 Å². The second kappa shape index (κ2) is 9.57. The van der Waals surface area contributed by atoms with E-state index in [1.54, 1.807) is 24.3 Å². The van der Waals surface area contributed by atoms with Crippen LogP contribution in [0.15, 0.2) is 48.5 Å². The second-order valence-corrected chi connectivity index (χ2v) is 8.10. The molecule has 158 valence electrons. The van der Waals surface area contributed by atoms with Crippen molar-refractivity contribution in [1.29, 1.82) is 0 Å². The van der Waals surface area contributed by atoms with Gasteiger partial charge in [0.25, 0.3) is 5.91 Å². The first-order valence-corrected chi connectivity index (χ1v) is 10.4. The Morgan fingerprint density at radius 3 is 2.17 bits per heavy atom. The van der Waals surface area contributed by atoms with Crippen LogP contribution in [0.5, 0.6) is 0 Å². The molecule has 3 N–H and O–H groups in total. The smallest absolute Gasteiger partial charge is 0.307 e. The Bertz CT molecular complexity index is 921. The average Bonchev–Trinajstić information content (AvgIpc) is 2.74. The Labute approximate surface area is 176 Å². The third-order valence-electron chi connectivity index (χ3n) is 5.68. The fourth-order valence-corrected chi connectivity index (χ4v) is 3.91. The third-order valence-corrected chi connectivity index (χ3v) is 5.68. The van der Waals surface area contributed by atoms with E-state index in [0.717, 1.165) is 12.8 Å². The molecule has 1 fully saturated rings. The van der Waals surface area contributed by atoms with E-state index in [9.17, 15) is 19.5 Å². The molecule has 2 amide bonds. The van der Waals surface area contributed by atoms with Gasteiger partial charge in [-0.1, -0.05) is 51.0 Å². The van der Waals surface area contributed by atoms with Crippen molar-refractivity contribution in [1.82, 2.24) is 0 Å². The number of carbonyl (C=O) groups is 3. The number of aliphatic carboxylic acids is 1. The van der Waals surface area contributed by atoms with Gasteiger partial charge in [-0.15, -0.1) is 0 Å². The Morgan fingerprint density at radius 2 is 1.53 bits per heavy atom. The number of carbonyl (C=O) groups excluding carboxylic acids is 2. The number of benzene rings is 2. The van der Waals surface area contributed by atoms with Crippen LogP contribution in [-0.4, -0.2) is 22.9 Å². The highest BCUT2D eigenvalue weighted by Gasteiger charge is 2.36. The SMILES string of the molecule is CC(C)c1ccc(NC(=O)c2ccccc2NC(=O)[C@H]2CCCC[C@@H]2C(=O)O)cc1. The van der Waals surface area contributed by atoms with E-state index in [0.29, 0.717) is 35.7 Å². The maximum Gasteiger partial charge on any atom is 0.307 e. The lowest BCUT2D eigenvalue weighted by Gasteiger charge is -2.27. The van der Waals surface area contributed by atoms with Crippen molar-refractivity contribution in [3.63, 3.8) is 0 Å². The maximum absolute atomic E-state index is 12.8. The summed E-state index contributed by atoms with van der Waals surface area (Å²) in [5.41, 5.74) is 2.57. The van der Waals surface area contributed by atoms with Gasteiger partial charge in [-0.25, -0.2) is 0 Å². The van der Waals surface area contributed by atoms with Crippen LogP contribution in [0.1, 0.15) is 61.4 Å². The fourth-order valence-electron chi connectivity index (χ4n) is 3.91. The van der Waals surface area contributed by atoms with Gasteiger partial charge in [-0.05, 0) is 48.6 Å². The summed E-state index contributed by atoms with van der Waals surface area (Å²) in [5.74, 6) is -2.48. The summed E-state index contributed by atoms with van der Waals surface area (Å²) in [7, 11) is 0. The Morgan fingerprint density at radius 1 is 0.900 bits per heavy atom. The van der Waals surface area contributed by atoms with Crippen molar-refractivity contribution in [2.45, 2.75) is 45.4 Å². The van der Waals surface area contributed by atoms with Crippen LogP contribution < -0.4 is 10.6 Å². The molecule has 0 saturated heterocycles. The molecule has 0 bridgehead atoms. The Balaban J connectivity index is 1.74. The van der Waals surface area contributed by atoms with Gasteiger partial charge in [-0.2, -0.15) is 0 Å². The van der Waals surface area contributed by atoms with E-state index in [2.05, 4.69) is 24.5 Å². The quantitative estimate of drug-likeness (QED) is 0.634. The average molecular weight is 408 g/mol. The number of nitrogens with one attached hydrogen (secondary N) is 2. The number of amides is 2. The van der Waals surface area contributed by atoms with Crippen LogP contribution in [-0.2, 0) is 9.59 Å². The number of carboxylic acids is 1. The molecule has 0 radical (unpaired) electrons. The molecular weight excluding hydrogens is 380 g/mol. The second-order valence-electron chi connectivity index (χ2n) is 8.10. The molecule has 0 unspecified atom stereocenters. The van der Waals surface area contributed by atoms with E-state index < -0.39 is 17.8 Å². The van der Waals surface area contributed by atoms with Crippen molar-refractivity contribution in [2.75, 3.05) is 10.6 Å². The van der Waals surface area contributed by atoms with Crippen LogP contribution in [0.4, 0.5) is 11.4 Å². The summed E-state index contributed by atoms with van der Waals surface area (Å²) in [6.45, 7) is 4.21. The summed E-state index contributed by atoms with van der Waals surface area (Å²) in [5, 5.41) is 15.1. The zero-order valence-corrected chi connectivity index (χ0v) is 17.4. The molecule has 1 saturated carbocycles. The van der Waals surface area contributed by atoms with Crippen molar-refractivity contribution >= 4 is 29.2 Å². The minimum atomic E-state index is -0.939. The van der Waals surface area contributed by atoms with Crippen LogP contribution in [0.3, 0.4) is 0 Å². The lowest BCUT2D eigenvalue weighted by Crippen LogP contribution is -2.36. The molecule has 2 aromatic rings. The van der Waals surface area contributed by atoms with Crippen LogP contribution in [0.2, 0.25) is 0 Å². The van der Waals surface area contributed by atoms with Crippen molar-refractivity contribution in [3.05, 3.63) is 59.7 Å². The molecule has 2 atom stereocenters. The lowest BCUT2D eigenvalue weighted by atomic mass is 9.78. The van der Waals surface area contributed by atoms with Crippen molar-refractivity contribution in [3.8, 4) is 0 Å². The van der Waals surface area contributed by atoms with Crippen LogP contribution in [0.25, 0.3) is 0 Å². The highest BCUT2D eigenvalue weighted by Crippen LogP contribution is 2.31. The third kappa shape index (κ3) is 5.06. The van der Waals surface area contributed by atoms with Gasteiger partial charge in [0, 0.05) is 5.69 Å². The van der Waals surface area contributed by atoms with Gasteiger partial charge >= 0.3 is 5.97 Å². The highest BCUT2D eigenvalue weighted by atomic mass is 16.4. The maximum atomic E-state index is 12.8. The summed E-state index contributed by atoms with van der Waals surface area (Å²) in [6, 6.07) is 14.4. The van der Waals surface area contributed by atoms with Gasteiger partial charge in [0.15, 0.2) is 0 Å². The molecule has 6 heteroatoms. The molecule has 1 aliphatic carbocycles. The molecule has 0 spiro atoms. The van der Waals surface area contributed by atoms with Crippen LogP contribution in [0, 0.1) is 11.8 Å². The first kappa shape index (κ1) is 21.6. The normalized spacial score (nSPS) is 18.6. The molecule has 6 nitrogen and oxygen atoms in total. The molecule has 0 heterocycles. The Kier molecular flexibility index (Phi) is 6.87. The number of hydrogen-bond donors (Lipinski definition) is 3. The first-order chi connectivity index (χ1) is 14.4. The van der Waals surface area contributed by atoms with Gasteiger partial charge in [0.05, 0.1) is 23.1 Å². The molecule has 2 aromatic carbocycles. The number of rotatable bonds is 6. The van der Waals surface area contributed by atoms with E-state index in [4.69, 9.17) is 0 Å². The topological polar surface area (TPSA) is 95.5 Å². The number of hydrogen-bond acceptors (Lipinski definition) is 3. The molecular formula is C24H28N2O4. The largest absolute Gasteiger partial charge is 0.481 e. The molecule has 1 aliphatic rings. The lowest BCUT2D eigenvalue weighted by molar-refractivity contribution is -0.147. The van der Waals surface area contributed by atoms with Crippen molar-refractivity contribution in [2.24, 2.45) is 11.8 Å². The van der Waals surface area contributed by atoms with E-state index in [-0.39, 0.29) is 11.8 Å². The predicted molar refractivity (Wildman–Crippen MR) is 117 cm³/mol. The monoisotopic (exact) mass is 408 g/mol. The summed E-state index contributed by atoms with van der Waals surface area (Å²) in [6.07, 6.45) is 2.69. The minimum Gasteiger partial charge on any atom is -0.481 e. The summed E-state index contributed by atoms with van der Waals surface area (Å²) >= 11 is 0. The van der Waals surface area contributed by atoms with Gasteiger partial charge in [-0.3, -0.25) is 14.4 Å². The number of carboxylic acid groups (broad SMARTS) is 1. The van der Waals surface area contributed by atoms with Crippen LogP contribution >= 0.6 is 0 Å². The Hall–Kier alpha value is -3.15. The predicted octanol–water partition coefficient (Wildman–Crippen LogP) is 4.89. The zero-order chi connectivity index (χ0) is 21.7. The standard InChI is InChI=1S/C24H28N2O4/c1-15(2)16-11-13-17(14-12-16)25-23(28)20-9-5-6-10-21(20)26-22(27)18-7-3-4-8-19(18)24(29)30/h5-6,9-15,18-19H,3-4,7-8H2,1-2H3,(H,25,28)(H,26,27)(H,29,30)/t18-,19-/m0/s1. The molecule has 0 aromatic heterocycles. The molecule has 3 rings (SSSR count). The van der Waals surface area contributed by atoms with Gasteiger partial charge in [0.1, 0.15) is 0 Å². The number of para-hydroxylation sites is 1. The fraction of sp³-hybridized carbons (Fsp3) is 0.375. The highest BCUT2D eigenvalue weighted by molar-refractivity contribution is 6.10. The van der Waals surface area contributed by atoms with Gasteiger partial charge < -0.3 is 15.7 Å². The van der Waals surface area contributed by atoms with E-state index in [1.807, 2.05) is 24.3 Å². The zero-order valence-electron chi connectivity index (χ0n) is 17.4. The molecule has 30 heavy (non-hydrogen) atoms. The van der Waals surface area contributed by atoms with E-state index in [1.165, 1.54) is 5.56 Å². The summed E-state index contributed by atoms with van der Waals surface area (Å²) in [4.78, 5) is 37.2. The minimum absolute atomic E-state index is 0.332. The van der Waals surface area contributed by atoms with Gasteiger partial charge in [0.2, 0.25) is 5.91 Å². The van der Waals surface area contributed by atoms with Crippen molar-refractivity contribution < 1.29 is 19.5 Å². The molecule has 0 aliphatic heterocycles. The summed E-state index contributed by atoms with van der Waals surface area (Å²) < 4.78 is 0.